The minimum Gasteiger partial charge on any atom is -0.506 e. The molecule has 0 radical (unpaired) electrons. The highest BCUT2D eigenvalue weighted by atomic mass is 16.3. The molecule has 6 heteroatoms. The van der Waals surface area contributed by atoms with Crippen LogP contribution >= 0.6 is 0 Å². The van der Waals surface area contributed by atoms with Crippen LogP contribution in [0.5, 0.6) is 5.75 Å². The van der Waals surface area contributed by atoms with Crippen LogP contribution in [-0.4, -0.2) is 53.7 Å². The van der Waals surface area contributed by atoms with E-state index in [1.165, 1.54) is 4.90 Å². The second-order valence-corrected chi connectivity index (χ2v) is 6.85. The fourth-order valence-electron chi connectivity index (χ4n) is 3.86. The lowest BCUT2D eigenvalue weighted by Gasteiger charge is -2.30. The van der Waals surface area contributed by atoms with Gasteiger partial charge in [-0.3, -0.25) is 9.59 Å². The molecule has 1 amide bonds. The summed E-state index contributed by atoms with van der Waals surface area (Å²) in [5.74, 6) is -0.502. The molecule has 126 valence electrons. The lowest BCUT2D eigenvalue weighted by molar-refractivity contribution is -0.883. The van der Waals surface area contributed by atoms with Crippen molar-refractivity contribution in [2.45, 2.75) is 19.4 Å². The monoisotopic (exact) mass is 328 g/mol. The summed E-state index contributed by atoms with van der Waals surface area (Å²) < 4.78 is 1.67. The molecule has 0 atom stereocenters. The zero-order valence-corrected chi connectivity index (χ0v) is 13.8. The number of aromatic nitrogens is 1. The smallest absolute Gasteiger partial charge is 0.267 e. The number of pyridine rings is 1. The first kappa shape index (κ1) is 15.2. The normalized spacial score (nSPS) is 18.1. The van der Waals surface area contributed by atoms with Crippen molar-refractivity contribution < 1.29 is 14.8 Å². The molecule has 0 unspecified atom stereocenters. The number of aromatic hydroxyl groups is 1. The Morgan fingerprint density at radius 1 is 1.21 bits per heavy atom. The highest BCUT2D eigenvalue weighted by molar-refractivity contribution is 6.03. The Balaban J connectivity index is 1.88. The minimum atomic E-state index is -0.358. The molecule has 2 aromatic rings. The molecule has 1 fully saturated rings. The van der Waals surface area contributed by atoms with Crippen LogP contribution in [0.4, 0.5) is 0 Å². The van der Waals surface area contributed by atoms with E-state index in [4.69, 9.17) is 0 Å². The van der Waals surface area contributed by atoms with Crippen molar-refractivity contribution in [1.29, 1.82) is 0 Å². The first-order chi connectivity index (χ1) is 11.6. The van der Waals surface area contributed by atoms with Gasteiger partial charge in [0.25, 0.3) is 11.5 Å². The van der Waals surface area contributed by atoms with Crippen LogP contribution in [0, 0.1) is 0 Å². The van der Waals surface area contributed by atoms with Gasteiger partial charge in [0.1, 0.15) is 11.3 Å². The fourth-order valence-corrected chi connectivity index (χ4v) is 3.86. The van der Waals surface area contributed by atoms with E-state index < -0.39 is 0 Å². The van der Waals surface area contributed by atoms with Gasteiger partial charge in [-0.05, 0) is 24.5 Å². The summed E-state index contributed by atoms with van der Waals surface area (Å²) in [5, 5.41) is 11.3. The summed E-state index contributed by atoms with van der Waals surface area (Å²) >= 11 is 0. The second kappa shape index (κ2) is 5.63. The van der Waals surface area contributed by atoms with Gasteiger partial charge in [0.05, 0.1) is 38.7 Å². The number of piperazine rings is 1. The SMILES string of the molecule is C[NH+]1CCN(C(=O)c2c(O)c3cccc4c3n(c2=O)CCC4)CC1. The third kappa shape index (κ3) is 2.21. The quantitative estimate of drug-likeness (QED) is 0.750. The summed E-state index contributed by atoms with van der Waals surface area (Å²) in [6.07, 6.45) is 1.77. The molecular weight excluding hydrogens is 306 g/mol. The van der Waals surface area contributed by atoms with Gasteiger partial charge in [-0.15, -0.1) is 0 Å². The summed E-state index contributed by atoms with van der Waals surface area (Å²) in [6, 6.07) is 5.66. The first-order valence-corrected chi connectivity index (χ1v) is 8.56. The van der Waals surface area contributed by atoms with Crippen LogP contribution in [0.3, 0.4) is 0 Å². The number of quaternary nitrogens is 1. The standard InChI is InChI=1S/C18H21N3O3/c1-19-8-10-20(11-9-19)17(23)14-16(22)13-6-2-4-12-5-3-7-21(15(12)13)18(14)24/h2,4,6,22H,3,5,7-11H2,1H3/p+1. The number of carbonyl (C=O) groups excluding carboxylic acids is 1. The third-order valence-corrected chi connectivity index (χ3v) is 5.29. The van der Waals surface area contributed by atoms with Crippen molar-refractivity contribution in [3.8, 4) is 5.75 Å². The number of para-hydroxylation sites is 1. The minimum absolute atomic E-state index is 0.0684. The molecule has 4 rings (SSSR count). The summed E-state index contributed by atoms with van der Waals surface area (Å²) in [7, 11) is 2.09. The van der Waals surface area contributed by atoms with Crippen molar-refractivity contribution in [1.82, 2.24) is 9.47 Å². The Morgan fingerprint density at radius 2 is 1.96 bits per heavy atom. The summed E-state index contributed by atoms with van der Waals surface area (Å²) in [5.41, 5.74) is 1.42. The molecule has 0 bridgehead atoms. The molecule has 3 heterocycles. The zero-order valence-electron chi connectivity index (χ0n) is 13.8. The Labute approximate surface area is 139 Å². The number of amides is 1. The van der Waals surface area contributed by atoms with Gasteiger partial charge in [-0.1, -0.05) is 12.1 Å². The Kier molecular flexibility index (Phi) is 3.57. The third-order valence-electron chi connectivity index (χ3n) is 5.29. The number of rotatable bonds is 1. The van der Waals surface area contributed by atoms with Crippen LogP contribution in [0.25, 0.3) is 10.9 Å². The van der Waals surface area contributed by atoms with Gasteiger partial charge in [0.2, 0.25) is 0 Å². The number of nitrogens with zero attached hydrogens (tertiary/aromatic N) is 2. The van der Waals surface area contributed by atoms with Gasteiger partial charge in [-0.25, -0.2) is 0 Å². The highest BCUT2D eigenvalue weighted by Crippen LogP contribution is 2.32. The van der Waals surface area contributed by atoms with Crippen molar-refractivity contribution >= 4 is 16.8 Å². The van der Waals surface area contributed by atoms with Crippen molar-refractivity contribution in [3.05, 3.63) is 39.7 Å². The maximum atomic E-state index is 12.9. The number of benzene rings is 1. The van der Waals surface area contributed by atoms with Gasteiger partial charge < -0.3 is 19.5 Å². The number of nitrogens with one attached hydrogen (secondary N) is 1. The van der Waals surface area contributed by atoms with Gasteiger partial charge in [0.15, 0.2) is 0 Å². The molecule has 0 aliphatic carbocycles. The number of aryl methyl sites for hydroxylation is 2. The molecule has 2 aliphatic rings. The van der Waals surface area contributed by atoms with E-state index in [0.717, 1.165) is 37.0 Å². The van der Waals surface area contributed by atoms with E-state index in [2.05, 4.69) is 7.05 Å². The number of likely N-dealkylation sites (N-methyl/N-ethyl adjacent to an activating group) is 1. The van der Waals surface area contributed by atoms with Crippen LogP contribution in [-0.2, 0) is 13.0 Å². The number of hydrogen-bond acceptors (Lipinski definition) is 3. The zero-order chi connectivity index (χ0) is 16.8. The molecule has 1 aromatic carbocycles. The van der Waals surface area contributed by atoms with Crippen molar-refractivity contribution in [3.63, 3.8) is 0 Å². The lowest BCUT2D eigenvalue weighted by atomic mass is 9.99. The average molecular weight is 328 g/mol. The van der Waals surface area contributed by atoms with E-state index in [0.29, 0.717) is 25.0 Å². The van der Waals surface area contributed by atoms with Gasteiger partial charge in [-0.2, -0.15) is 0 Å². The predicted octanol–water partition coefficient (Wildman–Crippen LogP) is -0.376. The Bertz CT molecular complexity index is 879. The molecule has 1 saturated heterocycles. The molecule has 6 nitrogen and oxygen atoms in total. The van der Waals surface area contributed by atoms with E-state index >= 15 is 0 Å². The van der Waals surface area contributed by atoms with Crippen LogP contribution in [0.2, 0.25) is 0 Å². The van der Waals surface area contributed by atoms with E-state index in [-0.39, 0.29) is 22.8 Å². The van der Waals surface area contributed by atoms with E-state index in [1.54, 1.807) is 15.5 Å². The summed E-state index contributed by atoms with van der Waals surface area (Å²) in [4.78, 5) is 28.9. The van der Waals surface area contributed by atoms with E-state index in [1.807, 2.05) is 12.1 Å². The van der Waals surface area contributed by atoms with Crippen LogP contribution in [0.1, 0.15) is 22.3 Å². The van der Waals surface area contributed by atoms with Crippen molar-refractivity contribution in [2.75, 3.05) is 33.2 Å². The Hall–Kier alpha value is -2.34. The maximum absolute atomic E-state index is 12.9. The molecule has 0 saturated carbocycles. The van der Waals surface area contributed by atoms with Crippen LogP contribution < -0.4 is 10.5 Å². The van der Waals surface area contributed by atoms with Crippen molar-refractivity contribution in [2.24, 2.45) is 0 Å². The van der Waals surface area contributed by atoms with E-state index in [9.17, 15) is 14.7 Å². The largest absolute Gasteiger partial charge is 0.506 e. The molecule has 2 N–H and O–H groups in total. The highest BCUT2D eigenvalue weighted by Gasteiger charge is 2.30. The average Bonchev–Trinajstić information content (AvgIpc) is 2.60. The van der Waals surface area contributed by atoms with Gasteiger partial charge >= 0.3 is 0 Å². The molecule has 0 spiro atoms. The fraction of sp³-hybridized carbons (Fsp3) is 0.444. The lowest BCUT2D eigenvalue weighted by Crippen LogP contribution is -3.12. The van der Waals surface area contributed by atoms with Gasteiger partial charge in [0, 0.05) is 11.9 Å². The first-order valence-electron chi connectivity index (χ1n) is 8.56. The molecule has 24 heavy (non-hydrogen) atoms. The molecule has 2 aliphatic heterocycles. The Morgan fingerprint density at radius 3 is 2.71 bits per heavy atom. The maximum Gasteiger partial charge on any atom is 0.267 e. The second-order valence-electron chi connectivity index (χ2n) is 6.85. The summed E-state index contributed by atoms with van der Waals surface area (Å²) in [6.45, 7) is 3.54. The van der Waals surface area contributed by atoms with Crippen LogP contribution in [0.15, 0.2) is 23.0 Å². The topological polar surface area (TPSA) is 67.0 Å². The molecular formula is C18H22N3O3+. The number of hydrogen-bond donors (Lipinski definition) is 2. The predicted molar refractivity (Wildman–Crippen MR) is 90.7 cm³/mol. The number of carbonyl (C=O) groups is 1. The molecule has 1 aromatic heterocycles.